The minimum absolute atomic E-state index is 0.153. The van der Waals surface area contributed by atoms with Gasteiger partial charge in [0, 0.05) is 11.6 Å². The summed E-state index contributed by atoms with van der Waals surface area (Å²) < 4.78 is 0. The number of carboxylic acids is 1. The molecule has 0 aliphatic rings. The van der Waals surface area contributed by atoms with Gasteiger partial charge in [0.05, 0.1) is 23.5 Å². The van der Waals surface area contributed by atoms with E-state index in [1.165, 1.54) is 24.7 Å². The van der Waals surface area contributed by atoms with Crippen molar-refractivity contribution in [2.24, 2.45) is 0 Å². The van der Waals surface area contributed by atoms with Crippen LogP contribution in [0.2, 0.25) is 0 Å². The van der Waals surface area contributed by atoms with Crippen molar-refractivity contribution < 1.29 is 9.90 Å². The lowest BCUT2D eigenvalue weighted by atomic mass is 10.2. The third kappa shape index (κ3) is 1.31. The van der Waals surface area contributed by atoms with Gasteiger partial charge in [-0.15, -0.1) is 0 Å². The van der Waals surface area contributed by atoms with Crippen LogP contribution in [-0.2, 0) is 0 Å². The molecule has 0 unspecified atom stereocenters. The Kier molecular flexibility index (Phi) is 1.63. The van der Waals surface area contributed by atoms with Gasteiger partial charge < -0.3 is 5.11 Å². The van der Waals surface area contributed by atoms with Crippen LogP contribution in [0.4, 0.5) is 0 Å². The SMILES string of the molecule is O=C(O)c1cnc2cnncc2c1. The molecule has 1 N–H and O–H groups in total. The number of carboxylic acid groups (broad SMARTS) is 1. The minimum Gasteiger partial charge on any atom is -0.478 e. The summed E-state index contributed by atoms with van der Waals surface area (Å²) in [5.41, 5.74) is 0.792. The van der Waals surface area contributed by atoms with Crippen LogP contribution in [0.5, 0.6) is 0 Å². The minimum atomic E-state index is -0.994. The fourth-order valence-corrected chi connectivity index (χ4v) is 1.00. The molecular formula is C8H5N3O2. The average Bonchev–Trinajstić information content (AvgIpc) is 2.17. The smallest absolute Gasteiger partial charge is 0.337 e. The van der Waals surface area contributed by atoms with Gasteiger partial charge in [-0.25, -0.2) is 4.79 Å². The molecule has 5 heteroatoms. The Labute approximate surface area is 73.1 Å². The highest BCUT2D eigenvalue weighted by atomic mass is 16.4. The molecule has 0 fully saturated rings. The van der Waals surface area contributed by atoms with Crippen LogP contribution >= 0.6 is 0 Å². The molecule has 0 atom stereocenters. The molecule has 0 aliphatic heterocycles. The predicted molar refractivity (Wildman–Crippen MR) is 44.3 cm³/mol. The van der Waals surface area contributed by atoms with Gasteiger partial charge in [0.2, 0.25) is 0 Å². The first-order chi connectivity index (χ1) is 6.27. The lowest BCUT2D eigenvalue weighted by Gasteiger charge is -1.96. The molecule has 0 spiro atoms. The number of carbonyl (C=O) groups is 1. The van der Waals surface area contributed by atoms with E-state index in [0.717, 1.165) is 0 Å². The summed E-state index contributed by atoms with van der Waals surface area (Å²) in [7, 11) is 0. The number of nitrogens with zero attached hydrogens (tertiary/aromatic N) is 3. The highest BCUT2D eigenvalue weighted by molar-refractivity contribution is 5.91. The number of rotatable bonds is 1. The number of aromatic nitrogens is 3. The molecule has 0 radical (unpaired) electrons. The van der Waals surface area contributed by atoms with Gasteiger partial charge >= 0.3 is 5.97 Å². The maximum Gasteiger partial charge on any atom is 0.337 e. The van der Waals surface area contributed by atoms with Crippen molar-refractivity contribution >= 4 is 16.9 Å². The van der Waals surface area contributed by atoms with Crippen LogP contribution in [0.15, 0.2) is 24.7 Å². The normalized spacial score (nSPS) is 10.2. The molecule has 0 saturated heterocycles. The van der Waals surface area contributed by atoms with Crippen LogP contribution in [0.25, 0.3) is 10.9 Å². The largest absolute Gasteiger partial charge is 0.478 e. The molecule has 5 nitrogen and oxygen atoms in total. The Balaban J connectivity index is 2.69. The summed E-state index contributed by atoms with van der Waals surface area (Å²) in [6.45, 7) is 0. The van der Waals surface area contributed by atoms with Crippen molar-refractivity contribution in [2.75, 3.05) is 0 Å². The van der Waals surface area contributed by atoms with Gasteiger partial charge in [0.15, 0.2) is 0 Å². The molecule has 0 bridgehead atoms. The number of aromatic carboxylic acids is 1. The van der Waals surface area contributed by atoms with Crippen molar-refractivity contribution in [1.82, 2.24) is 15.2 Å². The number of fused-ring (bicyclic) bond motifs is 1. The number of hydrogen-bond acceptors (Lipinski definition) is 4. The molecule has 2 aromatic heterocycles. The molecule has 64 valence electrons. The Morgan fingerprint density at radius 2 is 2.00 bits per heavy atom. The molecule has 2 heterocycles. The van der Waals surface area contributed by atoms with E-state index >= 15 is 0 Å². The zero-order valence-electron chi connectivity index (χ0n) is 6.51. The molecule has 0 aromatic carbocycles. The summed E-state index contributed by atoms with van der Waals surface area (Å²) in [4.78, 5) is 14.5. The van der Waals surface area contributed by atoms with Crippen LogP contribution < -0.4 is 0 Å². The van der Waals surface area contributed by atoms with Crippen LogP contribution in [0.3, 0.4) is 0 Å². The second kappa shape index (κ2) is 2.78. The topological polar surface area (TPSA) is 76.0 Å². The van der Waals surface area contributed by atoms with Crippen molar-refractivity contribution in [3.8, 4) is 0 Å². The van der Waals surface area contributed by atoms with E-state index in [9.17, 15) is 4.79 Å². The van der Waals surface area contributed by atoms with E-state index in [0.29, 0.717) is 10.9 Å². The highest BCUT2D eigenvalue weighted by Crippen LogP contribution is 2.09. The van der Waals surface area contributed by atoms with Crippen LogP contribution in [0.1, 0.15) is 10.4 Å². The standard InChI is InChI=1S/C8H5N3O2/c12-8(13)6-1-5-3-10-11-4-7(5)9-2-6/h1-4H,(H,12,13). The summed E-state index contributed by atoms with van der Waals surface area (Å²) in [6, 6.07) is 1.51. The Morgan fingerprint density at radius 3 is 2.77 bits per heavy atom. The van der Waals surface area contributed by atoms with Gasteiger partial charge in [-0.1, -0.05) is 0 Å². The average molecular weight is 175 g/mol. The molecule has 0 saturated carbocycles. The second-order valence-electron chi connectivity index (χ2n) is 2.49. The molecule has 13 heavy (non-hydrogen) atoms. The zero-order chi connectivity index (χ0) is 9.26. The Bertz CT molecular complexity index is 470. The Morgan fingerprint density at radius 1 is 1.23 bits per heavy atom. The van der Waals surface area contributed by atoms with E-state index in [2.05, 4.69) is 15.2 Å². The monoisotopic (exact) mass is 175 g/mol. The van der Waals surface area contributed by atoms with Gasteiger partial charge in [-0.3, -0.25) is 4.98 Å². The van der Waals surface area contributed by atoms with Crippen LogP contribution in [-0.4, -0.2) is 26.3 Å². The van der Waals surface area contributed by atoms with Crippen molar-refractivity contribution in [3.63, 3.8) is 0 Å². The first kappa shape index (κ1) is 7.60. The Hall–Kier alpha value is -2.04. The summed E-state index contributed by atoms with van der Waals surface area (Å²) >= 11 is 0. The maximum absolute atomic E-state index is 10.6. The van der Waals surface area contributed by atoms with Gasteiger partial charge in [-0.05, 0) is 6.07 Å². The summed E-state index contributed by atoms with van der Waals surface area (Å²) in [5, 5.41) is 16.6. The fourth-order valence-electron chi connectivity index (χ4n) is 1.00. The lowest BCUT2D eigenvalue weighted by molar-refractivity contribution is 0.0696. The van der Waals surface area contributed by atoms with E-state index in [1.54, 1.807) is 0 Å². The molecule has 0 aliphatic carbocycles. The van der Waals surface area contributed by atoms with Crippen molar-refractivity contribution in [3.05, 3.63) is 30.2 Å². The number of hydrogen-bond donors (Lipinski definition) is 1. The molecular weight excluding hydrogens is 170 g/mol. The summed E-state index contributed by atoms with van der Waals surface area (Å²) in [5.74, 6) is -0.994. The number of pyridine rings is 1. The van der Waals surface area contributed by atoms with Gasteiger partial charge in [0.25, 0.3) is 0 Å². The molecule has 2 rings (SSSR count). The van der Waals surface area contributed by atoms with E-state index in [4.69, 9.17) is 5.11 Å². The maximum atomic E-state index is 10.6. The zero-order valence-corrected chi connectivity index (χ0v) is 6.51. The van der Waals surface area contributed by atoms with E-state index < -0.39 is 5.97 Å². The highest BCUT2D eigenvalue weighted by Gasteiger charge is 2.03. The van der Waals surface area contributed by atoms with Gasteiger partial charge in [0.1, 0.15) is 0 Å². The third-order valence-corrected chi connectivity index (χ3v) is 1.64. The van der Waals surface area contributed by atoms with Crippen molar-refractivity contribution in [1.29, 1.82) is 0 Å². The van der Waals surface area contributed by atoms with E-state index in [1.807, 2.05) is 0 Å². The predicted octanol–water partition coefficient (Wildman–Crippen LogP) is 0.723. The second-order valence-corrected chi connectivity index (χ2v) is 2.49. The molecule has 0 amide bonds. The van der Waals surface area contributed by atoms with E-state index in [-0.39, 0.29) is 5.56 Å². The first-order valence-corrected chi connectivity index (χ1v) is 3.57. The third-order valence-electron chi connectivity index (χ3n) is 1.64. The lowest BCUT2D eigenvalue weighted by Crippen LogP contribution is -1.97. The quantitative estimate of drug-likeness (QED) is 0.691. The first-order valence-electron chi connectivity index (χ1n) is 3.57. The van der Waals surface area contributed by atoms with Crippen molar-refractivity contribution in [2.45, 2.75) is 0 Å². The van der Waals surface area contributed by atoms with Gasteiger partial charge in [-0.2, -0.15) is 10.2 Å². The summed E-state index contributed by atoms with van der Waals surface area (Å²) in [6.07, 6.45) is 4.27. The molecule has 2 aromatic rings. The fraction of sp³-hybridized carbons (Fsp3) is 0. The van der Waals surface area contributed by atoms with Crippen LogP contribution in [0, 0.1) is 0 Å².